The number of likely N-dealkylation sites (N-methyl/N-ethyl adjacent to an activating group) is 1. The lowest BCUT2D eigenvalue weighted by molar-refractivity contribution is 0.0941. The van der Waals surface area contributed by atoms with Crippen LogP contribution < -0.4 is 16.6 Å². The SMILES string of the molecule is Cc1cccc(Cn2c(=O)c(C(=O)NCCN(C)C)nn(-c3ccc(C(C)C)cc3)c2=O)c1. The fourth-order valence-electron chi connectivity index (χ4n) is 3.43. The number of hydrogen-bond acceptors (Lipinski definition) is 5. The predicted molar refractivity (Wildman–Crippen MR) is 129 cm³/mol. The molecule has 3 aromatic rings. The Labute approximate surface area is 193 Å². The van der Waals surface area contributed by atoms with E-state index in [0.29, 0.717) is 24.7 Å². The first-order chi connectivity index (χ1) is 15.7. The van der Waals surface area contributed by atoms with Gasteiger partial charge in [-0.15, -0.1) is 0 Å². The Hall–Kier alpha value is -3.52. The first-order valence-electron chi connectivity index (χ1n) is 11.0. The number of rotatable bonds is 8. The molecule has 0 aliphatic heterocycles. The van der Waals surface area contributed by atoms with E-state index < -0.39 is 17.2 Å². The maximum absolute atomic E-state index is 13.3. The van der Waals surface area contributed by atoms with Crippen LogP contribution in [0.1, 0.15) is 46.9 Å². The molecule has 1 heterocycles. The Bertz CT molecular complexity index is 1240. The molecule has 0 unspecified atom stereocenters. The average Bonchev–Trinajstić information content (AvgIpc) is 2.76. The van der Waals surface area contributed by atoms with Gasteiger partial charge < -0.3 is 10.2 Å². The molecular formula is C25H31N5O3. The quantitative estimate of drug-likeness (QED) is 0.569. The van der Waals surface area contributed by atoms with Crippen molar-refractivity contribution in [3.63, 3.8) is 0 Å². The second-order valence-corrected chi connectivity index (χ2v) is 8.73. The zero-order valence-corrected chi connectivity index (χ0v) is 19.8. The molecule has 33 heavy (non-hydrogen) atoms. The zero-order chi connectivity index (χ0) is 24.1. The van der Waals surface area contributed by atoms with Crippen LogP contribution in [0.5, 0.6) is 0 Å². The van der Waals surface area contributed by atoms with E-state index in [4.69, 9.17) is 0 Å². The predicted octanol–water partition coefficient (Wildman–Crippen LogP) is 2.17. The van der Waals surface area contributed by atoms with Gasteiger partial charge in [0.1, 0.15) is 0 Å². The normalized spacial score (nSPS) is 11.2. The Morgan fingerprint density at radius 3 is 2.39 bits per heavy atom. The number of nitrogens with zero attached hydrogens (tertiary/aromatic N) is 4. The smallest absolute Gasteiger partial charge is 0.349 e. The van der Waals surface area contributed by atoms with Crippen LogP contribution in [-0.2, 0) is 6.54 Å². The van der Waals surface area contributed by atoms with Gasteiger partial charge in [-0.1, -0.05) is 55.8 Å². The topological polar surface area (TPSA) is 89.2 Å². The van der Waals surface area contributed by atoms with Crippen molar-refractivity contribution in [1.82, 2.24) is 24.6 Å². The number of benzene rings is 2. The molecule has 2 aromatic carbocycles. The second kappa shape index (κ2) is 10.4. The fraction of sp³-hybridized carbons (Fsp3) is 0.360. The maximum atomic E-state index is 13.3. The number of carbonyl (C=O) groups is 1. The first-order valence-corrected chi connectivity index (χ1v) is 11.0. The molecule has 0 aliphatic carbocycles. The summed E-state index contributed by atoms with van der Waals surface area (Å²) in [5.41, 5.74) is 1.80. The largest absolute Gasteiger partial charge is 0.352 e. The minimum Gasteiger partial charge on any atom is -0.349 e. The molecule has 8 nitrogen and oxygen atoms in total. The van der Waals surface area contributed by atoms with E-state index in [-0.39, 0.29) is 12.2 Å². The summed E-state index contributed by atoms with van der Waals surface area (Å²) in [5, 5.41) is 6.90. The van der Waals surface area contributed by atoms with Gasteiger partial charge >= 0.3 is 5.69 Å². The third-order valence-corrected chi connectivity index (χ3v) is 5.35. The summed E-state index contributed by atoms with van der Waals surface area (Å²) >= 11 is 0. The molecule has 0 spiro atoms. The Morgan fingerprint density at radius 2 is 1.79 bits per heavy atom. The minimum atomic E-state index is -0.709. The number of hydrogen-bond donors (Lipinski definition) is 1. The zero-order valence-electron chi connectivity index (χ0n) is 19.8. The fourth-order valence-corrected chi connectivity index (χ4v) is 3.43. The molecule has 174 valence electrons. The summed E-state index contributed by atoms with van der Waals surface area (Å²) < 4.78 is 2.20. The number of aromatic nitrogens is 3. The Balaban J connectivity index is 2.10. The number of aryl methyl sites for hydroxylation is 1. The minimum absolute atomic E-state index is 0.0456. The van der Waals surface area contributed by atoms with Gasteiger partial charge in [0.05, 0.1) is 12.2 Å². The van der Waals surface area contributed by atoms with Crippen molar-refractivity contribution in [2.75, 3.05) is 27.2 Å². The third-order valence-electron chi connectivity index (χ3n) is 5.35. The first kappa shape index (κ1) is 24.1. The number of nitrogens with one attached hydrogen (secondary N) is 1. The van der Waals surface area contributed by atoms with Crippen molar-refractivity contribution >= 4 is 5.91 Å². The van der Waals surface area contributed by atoms with Crippen molar-refractivity contribution < 1.29 is 4.79 Å². The highest BCUT2D eigenvalue weighted by Crippen LogP contribution is 2.15. The molecular weight excluding hydrogens is 418 g/mol. The second-order valence-electron chi connectivity index (χ2n) is 8.73. The summed E-state index contributed by atoms with van der Waals surface area (Å²) in [4.78, 5) is 41.2. The molecule has 1 aromatic heterocycles. The molecule has 0 atom stereocenters. The van der Waals surface area contributed by atoms with Gasteiger partial charge in [0.25, 0.3) is 11.5 Å². The molecule has 0 fully saturated rings. The molecule has 0 aliphatic rings. The third kappa shape index (κ3) is 5.84. The number of carbonyl (C=O) groups excluding carboxylic acids is 1. The van der Waals surface area contributed by atoms with Crippen LogP contribution in [-0.4, -0.2) is 52.3 Å². The Kier molecular flexibility index (Phi) is 7.60. The van der Waals surface area contributed by atoms with Crippen molar-refractivity contribution in [3.8, 4) is 5.69 Å². The lowest BCUT2D eigenvalue weighted by atomic mass is 10.0. The summed E-state index contributed by atoms with van der Waals surface area (Å²) in [7, 11) is 3.78. The standard InChI is InChI=1S/C25H31N5O3/c1-17(2)20-9-11-21(12-10-20)30-25(33)29(16-19-8-6-7-18(3)15-19)24(32)22(27-30)23(31)26-13-14-28(4)5/h6-12,15,17H,13-14,16H2,1-5H3,(H,26,31). The van der Waals surface area contributed by atoms with Crippen LogP contribution in [0, 0.1) is 6.92 Å². The van der Waals surface area contributed by atoms with Crippen LogP contribution in [0.15, 0.2) is 58.1 Å². The molecule has 0 saturated heterocycles. The van der Waals surface area contributed by atoms with Crippen LogP contribution in [0.3, 0.4) is 0 Å². The van der Waals surface area contributed by atoms with Crippen LogP contribution in [0.4, 0.5) is 0 Å². The van der Waals surface area contributed by atoms with Crippen LogP contribution in [0.25, 0.3) is 5.69 Å². The van der Waals surface area contributed by atoms with Gasteiger partial charge in [-0.25, -0.2) is 4.79 Å². The highest BCUT2D eigenvalue weighted by molar-refractivity contribution is 5.91. The maximum Gasteiger partial charge on any atom is 0.352 e. The highest BCUT2D eigenvalue weighted by Gasteiger charge is 2.20. The van der Waals surface area contributed by atoms with E-state index in [0.717, 1.165) is 25.9 Å². The lowest BCUT2D eigenvalue weighted by Crippen LogP contribution is -2.46. The van der Waals surface area contributed by atoms with E-state index in [1.165, 1.54) is 0 Å². The van der Waals surface area contributed by atoms with Gasteiger partial charge in [0.2, 0.25) is 5.69 Å². The van der Waals surface area contributed by atoms with Crippen molar-refractivity contribution in [1.29, 1.82) is 0 Å². The van der Waals surface area contributed by atoms with Crippen molar-refractivity contribution in [3.05, 3.63) is 91.8 Å². The van der Waals surface area contributed by atoms with Crippen LogP contribution in [0.2, 0.25) is 0 Å². The van der Waals surface area contributed by atoms with E-state index >= 15 is 0 Å². The summed E-state index contributed by atoms with van der Waals surface area (Å²) in [6.07, 6.45) is 0. The molecule has 1 amide bonds. The summed E-state index contributed by atoms with van der Waals surface area (Å²) in [6.45, 7) is 7.11. The summed E-state index contributed by atoms with van der Waals surface area (Å²) in [5.74, 6) is -0.274. The van der Waals surface area contributed by atoms with E-state index in [1.807, 2.05) is 62.3 Å². The van der Waals surface area contributed by atoms with Gasteiger partial charge in [-0.3, -0.25) is 14.2 Å². The van der Waals surface area contributed by atoms with E-state index in [1.54, 1.807) is 12.1 Å². The molecule has 0 radical (unpaired) electrons. The molecule has 0 bridgehead atoms. The van der Waals surface area contributed by atoms with Gasteiger partial charge in [0.15, 0.2) is 0 Å². The highest BCUT2D eigenvalue weighted by atomic mass is 16.2. The summed E-state index contributed by atoms with van der Waals surface area (Å²) in [6, 6.07) is 15.0. The number of amides is 1. The van der Waals surface area contributed by atoms with Crippen molar-refractivity contribution in [2.24, 2.45) is 0 Å². The molecule has 3 rings (SSSR count). The van der Waals surface area contributed by atoms with Gasteiger partial charge in [-0.2, -0.15) is 9.78 Å². The average molecular weight is 450 g/mol. The monoisotopic (exact) mass is 449 g/mol. The lowest BCUT2D eigenvalue weighted by Gasteiger charge is -2.14. The molecule has 0 saturated carbocycles. The van der Waals surface area contributed by atoms with Crippen LogP contribution >= 0.6 is 0 Å². The Morgan fingerprint density at radius 1 is 1.09 bits per heavy atom. The van der Waals surface area contributed by atoms with Gasteiger partial charge in [-0.05, 0) is 50.2 Å². The van der Waals surface area contributed by atoms with Crippen molar-refractivity contribution in [2.45, 2.75) is 33.2 Å². The van der Waals surface area contributed by atoms with Gasteiger partial charge in [0, 0.05) is 13.1 Å². The van der Waals surface area contributed by atoms with E-state index in [9.17, 15) is 14.4 Å². The molecule has 8 heteroatoms. The van der Waals surface area contributed by atoms with E-state index in [2.05, 4.69) is 24.3 Å². The molecule has 1 N–H and O–H groups in total.